The van der Waals surface area contributed by atoms with Crippen LogP contribution in [-0.4, -0.2) is 11.2 Å². The van der Waals surface area contributed by atoms with Crippen LogP contribution in [-0.2, 0) is 0 Å². The van der Waals surface area contributed by atoms with E-state index in [4.69, 9.17) is 0 Å². The van der Waals surface area contributed by atoms with Crippen LogP contribution in [0.25, 0.3) is 0 Å². The van der Waals surface area contributed by atoms with Crippen LogP contribution in [0.3, 0.4) is 0 Å². The van der Waals surface area contributed by atoms with Gasteiger partial charge in [-0.25, -0.2) is 0 Å². The van der Waals surface area contributed by atoms with Gasteiger partial charge < -0.3 is 5.11 Å². The molecule has 2 bridgehead atoms. The lowest BCUT2D eigenvalue weighted by Gasteiger charge is -2.24. The molecule has 4 unspecified atom stereocenters. The molecule has 1 N–H and O–H groups in total. The standard InChI is InChI=1S/C9H16O/c1-6-2-7-4-8(3-6)9(10)5-7/h6-10H,2-5H2,1H3. The molecule has 4 atom stereocenters. The molecule has 0 aliphatic heterocycles. The third-order valence-electron chi connectivity index (χ3n) is 3.20. The Morgan fingerprint density at radius 3 is 2.60 bits per heavy atom. The summed E-state index contributed by atoms with van der Waals surface area (Å²) in [5, 5.41) is 9.52. The van der Waals surface area contributed by atoms with Crippen molar-refractivity contribution in [3.05, 3.63) is 0 Å². The van der Waals surface area contributed by atoms with E-state index in [1.807, 2.05) is 0 Å². The van der Waals surface area contributed by atoms with Gasteiger partial charge in [-0.05, 0) is 43.4 Å². The number of rotatable bonds is 0. The molecule has 10 heavy (non-hydrogen) atoms. The molecule has 2 fully saturated rings. The molecule has 0 aromatic rings. The lowest BCUT2D eigenvalue weighted by atomic mass is 9.82. The van der Waals surface area contributed by atoms with Gasteiger partial charge in [0.05, 0.1) is 6.10 Å². The van der Waals surface area contributed by atoms with E-state index in [-0.39, 0.29) is 6.10 Å². The second-order valence-corrected chi connectivity index (χ2v) is 4.24. The summed E-state index contributed by atoms with van der Waals surface area (Å²) in [5.74, 6) is 2.40. The highest BCUT2D eigenvalue weighted by Gasteiger charge is 2.38. The summed E-state index contributed by atoms with van der Waals surface area (Å²) in [6, 6.07) is 0. The van der Waals surface area contributed by atoms with Gasteiger partial charge >= 0.3 is 0 Å². The Kier molecular flexibility index (Phi) is 1.48. The van der Waals surface area contributed by atoms with Gasteiger partial charge in [0.2, 0.25) is 0 Å². The van der Waals surface area contributed by atoms with E-state index < -0.39 is 0 Å². The van der Waals surface area contributed by atoms with Crippen LogP contribution in [0, 0.1) is 17.8 Å². The van der Waals surface area contributed by atoms with E-state index >= 15 is 0 Å². The fourth-order valence-electron chi connectivity index (χ4n) is 2.84. The molecular formula is C9H16O. The topological polar surface area (TPSA) is 20.2 Å². The first-order valence-corrected chi connectivity index (χ1v) is 4.43. The molecule has 1 heteroatoms. The van der Waals surface area contributed by atoms with E-state index in [1.165, 1.54) is 19.3 Å². The summed E-state index contributed by atoms with van der Waals surface area (Å²) in [7, 11) is 0. The number of hydrogen-bond acceptors (Lipinski definition) is 1. The molecule has 0 saturated heterocycles. The first-order valence-electron chi connectivity index (χ1n) is 4.43. The van der Waals surface area contributed by atoms with Gasteiger partial charge in [-0.1, -0.05) is 6.92 Å². The van der Waals surface area contributed by atoms with Gasteiger partial charge in [-0.15, -0.1) is 0 Å². The van der Waals surface area contributed by atoms with E-state index in [0.29, 0.717) is 5.92 Å². The average molecular weight is 140 g/mol. The quantitative estimate of drug-likeness (QED) is 0.544. The minimum absolute atomic E-state index is 0.0509. The molecule has 0 amide bonds. The van der Waals surface area contributed by atoms with E-state index in [2.05, 4.69) is 6.92 Å². The minimum atomic E-state index is 0.0509. The Hall–Kier alpha value is -0.0400. The fraction of sp³-hybridized carbons (Fsp3) is 1.00. The molecule has 0 spiro atoms. The zero-order valence-electron chi connectivity index (χ0n) is 6.59. The van der Waals surface area contributed by atoms with Crippen LogP contribution >= 0.6 is 0 Å². The normalized spacial score (nSPS) is 53.4. The van der Waals surface area contributed by atoms with Crippen molar-refractivity contribution in [2.45, 2.75) is 38.7 Å². The SMILES string of the molecule is CC1CC2CC(O)C(C1)C2. The number of aliphatic hydroxyl groups excluding tert-OH is 1. The van der Waals surface area contributed by atoms with Crippen LogP contribution in [0.4, 0.5) is 0 Å². The van der Waals surface area contributed by atoms with Crippen molar-refractivity contribution in [1.29, 1.82) is 0 Å². The molecule has 0 heterocycles. The van der Waals surface area contributed by atoms with Crippen molar-refractivity contribution in [2.75, 3.05) is 0 Å². The summed E-state index contributed by atoms with van der Waals surface area (Å²) in [5.41, 5.74) is 0. The summed E-state index contributed by atoms with van der Waals surface area (Å²) in [6.07, 6.45) is 5.10. The highest BCUT2D eigenvalue weighted by molar-refractivity contribution is 4.89. The fourth-order valence-corrected chi connectivity index (χ4v) is 2.84. The summed E-state index contributed by atoms with van der Waals surface area (Å²) >= 11 is 0. The average Bonchev–Trinajstić information content (AvgIpc) is 2.07. The van der Waals surface area contributed by atoms with Crippen LogP contribution in [0.1, 0.15) is 32.6 Å². The third kappa shape index (κ3) is 0.968. The minimum Gasteiger partial charge on any atom is -0.393 e. The summed E-state index contributed by atoms with van der Waals surface area (Å²) in [4.78, 5) is 0. The molecule has 2 saturated carbocycles. The second kappa shape index (κ2) is 2.23. The van der Waals surface area contributed by atoms with Crippen molar-refractivity contribution < 1.29 is 5.11 Å². The Morgan fingerprint density at radius 2 is 1.90 bits per heavy atom. The van der Waals surface area contributed by atoms with Crippen LogP contribution < -0.4 is 0 Å². The van der Waals surface area contributed by atoms with Gasteiger partial charge in [0, 0.05) is 0 Å². The molecule has 2 aliphatic rings. The maximum atomic E-state index is 9.52. The third-order valence-corrected chi connectivity index (χ3v) is 3.20. The number of hydrogen-bond donors (Lipinski definition) is 1. The zero-order chi connectivity index (χ0) is 7.14. The Bertz CT molecular complexity index is 128. The van der Waals surface area contributed by atoms with Crippen molar-refractivity contribution in [1.82, 2.24) is 0 Å². The smallest absolute Gasteiger partial charge is 0.0571 e. The monoisotopic (exact) mass is 140 g/mol. The van der Waals surface area contributed by atoms with Gasteiger partial charge in [0.25, 0.3) is 0 Å². The van der Waals surface area contributed by atoms with Crippen molar-refractivity contribution in [2.24, 2.45) is 17.8 Å². The predicted octanol–water partition coefficient (Wildman–Crippen LogP) is 1.80. The van der Waals surface area contributed by atoms with Crippen LogP contribution in [0.15, 0.2) is 0 Å². The van der Waals surface area contributed by atoms with Gasteiger partial charge in [0.15, 0.2) is 0 Å². The Labute approximate surface area is 62.4 Å². The maximum Gasteiger partial charge on any atom is 0.0571 e. The van der Waals surface area contributed by atoms with Crippen molar-refractivity contribution in [3.8, 4) is 0 Å². The molecule has 1 nitrogen and oxygen atoms in total. The summed E-state index contributed by atoms with van der Waals surface area (Å²) in [6.45, 7) is 2.32. The molecule has 2 aliphatic carbocycles. The lowest BCUT2D eigenvalue weighted by molar-refractivity contribution is 0.122. The maximum absolute atomic E-state index is 9.52. The zero-order valence-corrected chi connectivity index (χ0v) is 6.59. The van der Waals surface area contributed by atoms with Gasteiger partial charge in [0.1, 0.15) is 0 Å². The van der Waals surface area contributed by atoms with Crippen molar-refractivity contribution in [3.63, 3.8) is 0 Å². The Morgan fingerprint density at radius 1 is 1.10 bits per heavy atom. The van der Waals surface area contributed by atoms with Gasteiger partial charge in [-0.2, -0.15) is 0 Å². The molecule has 0 aromatic heterocycles. The molecule has 2 rings (SSSR count). The molecule has 58 valence electrons. The Balaban J connectivity index is 2.06. The highest BCUT2D eigenvalue weighted by atomic mass is 16.3. The van der Waals surface area contributed by atoms with E-state index in [0.717, 1.165) is 18.3 Å². The van der Waals surface area contributed by atoms with E-state index in [1.54, 1.807) is 0 Å². The van der Waals surface area contributed by atoms with Crippen LogP contribution in [0.5, 0.6) is 0 Å². The largest absolute Gasteiger partial charge is 0.393 e. The lowest BCUT2D eigenvalue weighted by Crippen LogP contribution is -2.17. The summed E-state index contributed by atoms with van der Waals surface area (Å²) < 4.78 is 0. The highest BCUT2D eigenvalue weighted by Crippen LogP contribution is 2.44. The molecular weight excluding hydrogens is 124 g/mol. The van der Waals surface area contributed by atoms with Crippen LogP contribution in [0.2, 0.25) is 0 Å². The number of aliphatic hydroxyl groups is 1. The first kappa shape index (κ1) is 6.66. The first-order chi connectivity index (χ1) is 4.75. The van der Waals surface area contributed by atoms with Crippen molar-refractivity contribution >= 4 is 0 Å². The molecule has 0 radical (unpaired) electrons. The molecule has 0 aromatic carbocycles. The van der Waals surface area contributed by atoms with Gasteiger partial charge in [-0.3, -0.25) is 0 Å². The predicted molar refractivity (Wildman–Crippen MR) is 40.6 cm³/mol. The number of fused-ring (bicyclic) bond motifs is 2. The second-order valence-electron chi connectivity index (χ2n) is 4.24. The van der Waals surface area contributed by atoms with E-state index in [9.17, 15) is 5.11 Å².